The molecular weight excluding hydrogens is 356 g/mol. The standard InChI is InChI=1S/C18H20N2O2.BrH/c21-18(22-15-10-12-19-13-11-15)20-17-9-5-4-8-16(17)14-6-2-1-3-7-14;/h1-9,15,19H,10-13H2,(H,20,21);1H. The maximum absolute atomic E-state index is 12.1. The van der Waals surface area contributed by atoms with E-state index in [4.69, 9.17) is 4.74 Å². The zero-order valence-electron chi connectivity index (χ0n) is 12.8. The van der Waals surface area contributed by atoms with Crippen LogP contribution in [-0.2, 0) is 4.74 Å². The van der Waals surface area contributed by atoms with Gasteiger partial charge in [0, 0.05) is 5.56 Å². The highest BCUT2D eigenvalue weighted by Gasteiger charge is 2.18. The van der Waals surface area contributed by atoms with Crippen LogP contribution in [0.4, 0.5) is 10.5 Å². The number of ether oxygens (including phenoxy) is 1. The largest absolute Gasteiger partial charge is 0.446 e. The molecule has 2 N–H and O–H groups in total. The van der Waals surface area contributed by atoms with Crippen LogP contribution in [0.5, 0.6) is 0 Å². The predicted octanol–water partition coefficient (Wildman–Crippen LogP) is 4.23. The summed E-state index contributed by atoms with van der Waals surface area (Å²) in [4.78, 5) is 12.1. The quantitative estimate of drug-likeness (QED) is 0.842. The summed E-state index contributed by atoms with van der Waals surface area (Å²) in [5.41, 5.74) is 2.83. The summed E-state index contributed by atoms with van der Waals surface area (Å²) >= 11 is 0. The molecule has 4 nitrogen and oxygen atoms in total. The average molecular weight is 377 g/mol. The van der Waals surface area contributed by atoms with Crippen LogP contribution in [0.1, 0.15) is 12.8 Å². The summed E-state index contributed by atoms with van der Waals surface area (Å²) in [5.74, 6) is 0. The Balaban J connectivity index is 0.00000192. The molecule has 122 valence electrons. The molecular formula is C18H21BrN2O2. The third-order valence-electron chi connectivity index (χ3n) is 3.81. The molecule has 0 spiro atoms. The van der Waals surface area contributed by atoms with Crippen molar-refractivity contribution in [2.24, 2.45) is 0 Å². The Hall–Kier alpha value is -1.85. The van der Waals surface area contributed by atoms with Crippen molar-refractivity contribution in [3.05, 3.63) is 54.6 Å². The lowest BCUT2D eigenvalue weighted by Gasteiger charge is -2.23. The van der Waals surface area contributed by atoms with E-state index in [1.807, 2.05) is 54.6 Å². The van der Waals surface area contributed by atoms with Crippen molar-refractivity contribution >= 4 is 28.8 Å². The fourth-order valence-electron chi connectivity index (χ4n) is 2.67. The molecule has 2 aromatic carbocycles. The predicted molar refractivity (Wildman–Crippen MR) is 98.2 cm³/mol. The number of anilines is 1. The minimum atomic E-state index is -0.379. The van der Waals surface area contributed by atoms with Crippen LogP contribution in [0.3, 0.4) is 0 Å². The van der Waals surface area contributed by atoms with Crippen LogP contribution >= 0.6 is 17.0 Å². The first kappa shape index (κ1) is 17.5. The molecule has 2 aromatic rings. The van der Waals surface area contributed by atoms with Crippen LogP contribution in [0, 0.1) is 0 Å². The van der Waals surface area contributed by atoms with E-state index in [1.165, 1.54) is 0 Å². The number of hydrogen-bond donors (Lipinski definition) is 2. The van der Waals surface area contributed by atoms with Gasteiger partial charge in [0.05, 0.1) is 5.69 Å². The van der Waals surface area contributed by atoms with Gasteiger partial charge in [0.25, 0.3) is 0 Å². The molecule has 0 aromatic heterocycles. The van der Waals surface area contributed by atoms with Gasteiger partial charge in [-0.05, 0) is 37.6 Å². The lowest BCUT2D eigenvalue weighted by molar-refractivity contribution is 0.0909. The summed E-state index contributed by atoms with van der Waals surface area (Å²) in [6.45, 7) is 1.80. The van der Waals surface area contributed by atoms with Crippen molar-refractivity contribution in [1.29, 1.82) is 0 Å². The van der Waals surface area contributed by atoms with Crippen LogP contribution in [-0.4, -0.2) is 25.3 Å². The molecule has 1 saturated heterocycles. The molecule has 1 aliphatic heterocycles. The van der Waals surface area contributed by atoms with Crippen molar-refractivity contribution in [1.82, 2.24) is 5.32 Å². The van der Waals surface area contributed by atoms with E-state index < -0.39 is 0 Å². The highest BCUT2D eigenvalue weighted by Crippen LogP contribution is 2.27. The zero-order valence-corrected chi connectivity index (χ0v) is 14.5. The lowest BCUT2D eigenvalue weighted by atomic mass is 10.0. The van der Waals surface area contributed by atoms with E-state index in [9.17, 15) is 4.79 Å². The first-order valence-corrected chi connectivity index (χ1v) is 7.66. The van der Waals surface area contributed by atoms with Gasteiger partial charge in [-0.1, -0.05) is 48.5 Å². The third kappa shape index (κ3) is 4.81. The number of benzene rings is 2. The fraction of sp³-hybridized carbons (Fsp3) is 0.278. The molecule has 0 radical (unpaired) electrons. The summed E-state index contributed by atoms with van der Waals surface area (Å²) in [5, 5.41) is 6.13. The number of halogens is 1. The second kappa shape index (κ2) is 8.70. The zero-order chi connectivity index (χ0) is 15.2. The minimum absolute atomic E-state index is 0. The number of hydrogen-bond acceptors (Lipinski definition) is 3. The minimum Gasteiger partial charge on any atom is -0.446 e. The van der Waals surface area contributed by atoms with E-state index in [1.54, 1.807) is 0 Å². The van der Waals surface area contributed by atoms with Crippen LogP contribution in [0.2, 0.25) is 0 Å². The Morgan fingerprint density at radius 3 is 2.39 bits per heavy atom. The van der Waals surface area contributed by atoms with Gasteiger partial charge >= 0.3 is 6.09 Å². The molecule has 1 fully saturated rings. The van der Waals surface area contributed by atoms with Crippen molar-refractivity contribution in [2.75, 3.05) is 18.4 Å². The van der Waals surface area contributed by atoms with Crippen LogP contribution < -0.4 is 10.6 Å². The van der Waals surface area contributed by atoms with Gasteiger partial charge in [0.2, 0.25) is 0 Å². The van der Waals surface area contributed by atoms with Gasteiger partial charge in [-0.3, -0.25) is 5.32 Å². The Kier molecular flexibility index (Phi) is 6.62. The normalized spacial score (nSPS) is 14.6. The fourth-order valence-corrected chi connectivity index (χ4v) is 2.67. The number of amides is 1. The highest BCUT2D eigenvalue weighted by atomic mass is 79.9. The molecule has 1 amide bonds. The lowest BCUT2D eigenvalue weighted by Crippen LogP contribution is -2.34. The maximum Gasteiger partial charge on any atom is 0.411 e. The second-order valence-corrected chi connectivity index (χ2v) is 5.39. The average Bonchev–Trinajstić information content (AvgIpc) is 2.57. The van der Waals surface area contributed by atoms with E-state index >= 15 is 0 Å². The van der Waals surface area contributed by atoms with Gasteiger partial charge in [-0.2, -0.15) is 0 Å². The number of piperidine rings is 1. The second-order valence-electron chi connectivity index (χ2n) is 5.39. The van der Waals surface area contributed by atoms with Crippen molar-refractivity contribution < 1.29 is 9.53 Å². The molecule has 0 atom stereocenters. The molecule has 0 saturated carbocycles. The Bertz CT molecular complexity index is 628. The molecule has 5 heteroatoms. The van der Waals surface area contributed by atoms with Gasteiger partial charge < -0.3 is 10.1 Å². The molecule has 3 rings (SSSR count). The van der Waals surface area contributed by atoms with E-state index in [-0.39, 0.29) is 29.2 Å². The van der Waals surface area contributed by atoms with Gasteiger partial charge in [-0.25, -0.2) is 4.79 Å². The van der Waals surface area contributed by atoms with Crippen molar-refractivity contribution in [2.45, 2.75) is 18.9 Å². The molecule has 1 aliphatic rings. The summed E-state index contributed by atoms with van der Waals surface area (Å²) in [6, 6.07) is 17.8. The Labute approximate surface area is 147 Å². The molecule has 0 bridgehead atoms. The Morgan fingerprint density at radius 1 is 1.00 bits per heavy atom. The van der Waals surface area contributed by atoms with Gasteiger partial charge in [-0.15, -0.1) is 17.0 Å². The van der Waals surface area contributed by atoms with E-state index in [0.717, 1.165) is 42.7 Å². The molecule has 23 heavy (non-hydrogen) atoms. The van der Waals surface area contributed by atoms with Gasteiger partial charge in [0.15, 0.2) is 0 Å². The topological polar surface area (TPSA) is 50.4 Å². The number of carbonyl (C=O) groups excluding carboxylic acids is 1. The monoisotopic (exact) mass is 376 g/mol. The molecule has 0 aliphatic carbocycles. The first-order chi connectivity index (χ1) is 10.8. The maximum atomic E-state index is 12.1. The van der Waals surface area contributed by atoms with Crippen molar-refractivity contribution in [3.8, 4) is 11.1 Å². The molecule has 1 heterocycles. The first-order valence-electron chi connectivity index (χ1n) is 7.66. The summed E-state index contributed by atoms with van der Waals surface area (Å²) in [6.07, 6.45) is 1.36. The van der Waals surface area contributed by atoms with E-state index in [2.05, 4.69) is 10.6 Å². The van der Waals surface area contributed by atoms with Crippen LogP contribution in [0.15, 0.2) is 54.6 Å². The SMILES string of the molecule is Br.O=C(Nc1ccccc1-c1ccccc1)OC1CCNCC1. The van der Waals surface area contributed by atoms with Gasteiger partial charge in [0.1, 0.15) is 6.10 Å². The van der Waals surface area contributed by atoms with Crippen LogP contribution in [0.25, 0.3) is 11.1 Å². The van der Waals surface area contributed by atoms with Crippen molar-refractivity contribution in [3.63, 3.8) is 0 Å². The smallest absolute Gasteiger partial charge is 0.411 e. The van der Waals surface area contributed by atoms with E-state index in [0.29, 0.717) is 0 Å². The summed E-state index contributed by atoms with van der Waals surface area (Å²) in [7, 11) is 0. The number of nitrogens with one attached hydrogen (secondary N) is 2. The summed E-state index contributed by atoms with van der Waals surface area (Å²) < 4.78 is 5.50. The molecule has 0 unspecified atom stereocenters. The third-order valence-corrected chi connectivity index (χ3v) is 3.81. The number of rotatable bonds is 3. The highest BCUT2D eigenvalue weighted by molar-refractivity contribution is 8.93. The number of para-hydroxylation sites is 1. The Morgan fingerprint density at radius 2 is 1.65 bits per heavy atom. The number of carbonyl (C=O) groups is 1.